The first-order valence-electron chi connectivity index (χ1n) is 9.54. The Balaban J connectivity index is 0.00000256. The Labute approximate surface area is 191 Å². The summed E-state index contributed by atoms with van der Waals surface area (Å²) in [5.41, 5.74) is 2.18. The number of H-pyrrole nitrogens is 1. The molecular formula is C22H24F2IN5. The summed E-state index contributed by atoms with van der Waals surface area (Å²) in [7, 11) is 3.60. The quantitative estimate of drug-likeness (QED) is 0.294. The maximum Gasteiger partial charge on any atom is 0.194 e. The van der Waals surface area contributed by atoms with Gasteiger partial charge in [-0.2, -0.15) is 0 Å². The Morgan fingerprint density at radius 2 is 1.87 bits per heavy atom. The molecule has 0 amide bonds. The summed E-state index contributed by atoms with van der Waals surface area (Å²) in [6.45, 7) is 0.526. The van der Waals surface area contributed by atoms with Crippen molar-refractivity contribution in [1.29, 1.82) is 0 Å². The van der Waals surface area contributed by atoms with Crippen LogP contribution in [-0.2, 0) is 6.54 Å². The molecule has 5 nitrogen and oxygen atoms in total. The number of benzene rings is 2. The zero-order chi connectivity index (χ0) is 20.4. The lowest BCUT2D eigenvalue weighted by molar-refractivity contribution is 0.462. The maximum atomic E-state index is 14.0. The van der Waals surface area contributed by atoms with Crippen molar-refractivity contribution in [2.75, 3.05) is 14.1 Å². The SMILES string of the molecule is CN=C(NC1CC1c1c(F)cccc1F)N(C)Cc1ncc(-c2ccccc2)[nH]1.I. The van der Waals surface area contributed by atoms with Gasteiger partial charge in [0.15, 0.2) is 5.96 Å². The molecule has 158 valence electrons. The monoisotopic (exact) mass is 523 g/mol. The molecule has 1 aliphatic carbocycles. The molecule has 1 saturated carbocycles. The van der Waals surface area contributed by atoms with Crippen LogP contribution >= 0.6 is 24.0 Å². The van der Waals surface area contributed by atoms with Gasteiger partial charge in [-0.25, -0.2) is 13.8 Å². The highest BCUT2D eigenvalue weighted by atomic mass is 127. The average molecular weight is 523 g/mol. The number of nitrogens with one attached hydrogen (secondary N) is 2. The highest BCUT2D eigenvalue weighted by Crippen LogP contribution is 2.43. The minimum Gasteiger partial charge on any atom is -0.353 e. The highest BCUT2D eigenvalue weighted by molar-refractivity contribution is 14.0. The van der Waals surface area contributed by atoms with Gasteiger partial charge in [-0.15, -0.1) is 24.0 Å². The Morgan fingerprint density at radius 1 is 1.17 bits per heavy atom. The second kappa shape index (κ2) is 9.55. The summed E-state index contributed by atoms with van der Waals surface area (Å²) in [6, 6.07) is 13.9. The molecule has 0 bridgehead atoms. The number of halogens is 3. The molecule has 0 spiro atoms. The van der Waals surface area contributed by atoms with Crippen molar-refractivity contribution in [2.24, 2.45) is 4.99 Å². The molecule has 1 heterocycles. The van der Waals surface area contributed by atoms with Gasteiger partial charge in [0.1, 0.15) is 17.5 Å². The van der Waals surface area contributed by atoms with Crippen molar-refractivity contribution < 1.29 is 8.78 Å². The van der Waals surface area contributed by atoms with Gasteiger partial charge >= 0.3 is 0 Å². The minimum atomic E-state index is -0.494. The Hall–Kier alpha value is -2.49. The van der Waals surface area contributed by atoms with Crippen LogP contribution in [0.25, 0.3) is 11.3 Å². The highest BCUT2D eigenvalue weighted by Gasteiger charge is 2.42. The van der Waals surface area contributed by atoms with Gasteiger partial charge in [-0.3, -0.25) is 4.99 Å². The van der Waals surface area contributed by atoms with Crippen LogP contribution < -0.4 is 5.32 Å². The molecule has 1 aromatic heterocycles. The lowest BCUT2D eigenvalue weighted by Crippen LogP contribution is -2.40. The molecule has 3 aromatic rings. The summed E-state index contributed by atoms with van der Waals surface area (Å²) in [6.07, 6.45) is 2.48. The number of guanidine groups is 1. The normalized spacial score (nSPS) is 17.9. The topological polar surface area (TPSA) is 56.3 Å². The molecule has 8 heteroatoms. The van der Waals surface area contributed by atoms with E-state index in [1.165, 1.54) is 18.2 Å². The molecule has 30 heavy (non-hydrogen) atoms. The van der Waals surface area contributed by atoms with Gasteiger partial charge in [0.25, 0.3) is 0 Å². The molecule has 0 aliphatic heterocycles. The Kier molecular flexibility index (Phi) is 7.06. The third kappa shape index (κ3) is 4.80. The van der Waals surface area contributed by atoms with Crippen molar-refractivity contribution in [1.82, 2.24) is 20.2 Å². The fourth-order valence-electron chi connectivity index (χ4n) is 3.56. The van der Waals surface area contributed by atoms with E-state index in [2.05, 4.69) is 20.3 Å². The van der Waals surface area contributed by atoms with Crippen LogP contribution in [0.15, 0.2) is 59.7 Å². The van der Waals surface area contributed by atoms with Crippen molar-refractivity contribution in [3.63, 3.8) is 0 Å². The van der Waals surface area contributed by atoms with Crippen LogP contribution in [0.2, 0.25) is 0 Å². The van der Waals surface area contributed by atoms with Crippen LogP contribution in [0.3, 0.4) is 0 Å². The molecular weight excluding hydrogens is 499 g/mol. The van der Waals surface area contributed by atoms with Crippen LogP contribution in [0.5, 0.6) is 0 Å². The largest absolute Gasteiger partial charge is 0.353 e. The number of hydrogen-bond acceptors (Lipinski definition) is 2. The predicted molar refractivity (Wildman–Crippen MR) is 125 cm³/mol. The first kappa shape index (κ1) is 22.2. The zero-order valence-corrected chi connectivity index (χ0v) is 19.1. The smallest absolute Gasteiger partial charge is 0.194 e. The van der Waals surface area contributed by atoms with E-state index in [-0.39, 0.29) is 41.5 Å². The fraction of sp³-hybridized carbons (Fsp3) is 0.273. The van der Waals surface area contributed by atoms with E-state index in [1.54, 1.807) is 7.05 Å². The summed E-state index contributed by atoms with van der Waals surface area (Å²) in [5.74, 6) is 0.293. The number of aromatic nitrogens is 2. The van der Waals surface area contributed by atoms with Crippen LogP contribution in [0.4, 0.5) is 8.78 Å². The Morgan fingerprint density at radius 3 is 2.53 bits per heavy atom. The van der Waals surface area contributed by atoms with E-state index >= 15 is 0 Å². The van der Waals surface area contributed by atoms with E-state index in [0.717, 1.165) is 17.1 Å². The van der Waals surface area contributed by atoms with Crippen LogP contribution in [-0.4, -0.2) is 41.0 Å². The molecule has 2 N–H and O–H groups in total. The van der Waals surface area contributed by atoms with Gasteiger partial charge in [0, 0.05) is 31.6 Å². The third-order valence-corrected chi connectivity index (χ3v) is 5.15. The molecule has 4 rings (SSSR count). The molecule has 0 saturated heterocycles. The number of aromatic amines is 1. The van der Waals surface area contributed by atoms with Gasteiger partial charge in [0.2, 0.25) is 0 Å². The number of rotatable bonds is 5. The molecule has 1 fully saturated rings. The van der Waals surface area contributed by atoms with Gasteiger partial charge in [0.05, 0.1) is 18.4 Å². The molecule has 1 aliphatic rings. The number of nitrogens with zero attached hydrogens (tertiary/aromatic N) is 3. The average Bonchev–Trinajstić information content (AvgIpc) is 3.31. The number of aliphatic imine (C=N–C) groups is 1. The first-order valence-corrected chi connectivity index (χ1v) is 9.54. The van der Waals surface area contributed by atoms with E-state index in [9.17, 15) is 8.78 Å². The number of hydrogen-bond donors (Lipinski definition) is 2. The third-order valence-electron chi connectivity index (χ3n) is 5.15. The Bertz CT molecular complexity index is 1000. The molecule has 2 aromatic carbocycles. The van der Waals surface area contributed by atoms with E-state index in [1.807, 2.05) is 48.5 Å². The van der Waals surface area contributed by atoms with E-state index < -0.39 is 11.6 Å². The summed E-state index contributed by atoms with van der Waals surface area (Å²) in [4.78, 5) is 14.0. The lowest BCUT2D eigenvalue weighted by Gasteiger charge is -2.21. The molecule has 2 unspecified atom stereocenters. The minimum absolute atomic E-state index is 0. The van der Waals surface area contributed by atoms with Crippen LogP contribution in [0, 0.1) is 11.6 Å². The van der Waals surface area contributed by atoms with Crippen molar-refractivity contribution in [2.45, 2.75) is 24.9 Å². The second-order valence-electron chi connectivity index (χ2n) is 7.24. The van der Waals surface area contributed by atoms with Crippen molar-refractivity contribution in [3.8, 4) is 11.3 Å². The summed E-state index contributed by atoms with van der Waals surface area (Å²) >= 11 is 0. The van der Waals surface area contributed by atoms with Crippen LogP contribution in [0.1, 0.15) is 23.7 Å². The standard InChI is InChI=1S/C22H23F2N5.HI/c1-25-22(28-18-11-15(18)21-16(23)9-6-10-17(21)24)29(2)13-20-26-12-19(27-20)14-7-4-3-5-8-14;/h3-10,12,15,18H,11,13H2,1-2H3,(H,25,28)(H,26,27);1H. The predicted octanol–water partition coefficient (Wildman–Crippen LogP) is 4.54. The fourth-order valence-corrected chi connectivity index (χ4v) is 3.56. The molecule has 2 atom stereocenters. The van der Waals surface area contributed by atoms with Crippen molar-refractivity contribution >= 4 is 29.9 Å². The van der Waals surface area contributed by atoms with E-state index in [4.69, 9.17) is 0 Å². The second-order valence-corrected chi connectivity index (χ2v) is 7.24. The van der Waals surface area contributed by atoms with Gasteiger partial charge < -0.3 is 15.2 Å². The molecule has 0 radical (unpaired) electrons. The summed E-state index contributed by atoms with van der Waals surface area (Å²) in [5, 5.41) is 3.30. The van der Waals surface area contributed by atoms with E-state index in [0.29, 0.717) is 18.9 Å². The van der Waals surface area contributed by atoms with Gasteiger partial charge in [-0.1, -0.05) is 36.4 Å². The summed E-state index contributed by atoms with van der Waals surface area (Å²) < 4.78 is 28.0. The van der Waals surface area contributed by atoms with Gasteiger partial charge in [-0.05, 0) is 24.1 Å². The zero-order valence-electron chi connectivity index (χ0n) is 16.8. The maximum absolute atomic E-state index is 14.0. The van der Waals surface area contributed by atoms with Crippen molar-refractivity contribution in [3.05, 3.63) is 77.8 Å². The lowest BCUT2D eigenvalue weighted by atomic mass is 10.1. The number of imidazole rings is 1. The first-order chi connectivity index (χ1) is 14.1.